The van der Waals surface area contributed by atoms with Gasteiger partial charge in [0.15, 0.2) is 0 Å². The van der Waals surface area contributed by atoms with Crippen molar-refractivity contribution in [1.82, 2.24) is 10.2 Å². The predicted octanol–water partition coefficient (Wildman–Crippen LogP) is 1.20. The molecule has 0 bridgehead atoms. The van der Waals surface area contributed by atoms with Gasteiger partial charge in [0, 0.05) is 13.1 Å². The van der Waals surface area contributed by atoms with E-state index in [-0.39, 0.29) is 11.8 Å². The molecule has 17 heavy (non-hydrogen) atoms. The lowest BCUT2D eigenvalue weighted by atomic mass is 10.1. The van der Waals surface area contributed by atoms with Gasteiger partial charge in [-0.1, -0.05) is 18.6 Å². The summed E-state index contributed by atoms with van der Waals surface area (Å²) in [6, 6.07) is 5.37. The number of benzene rings is 1. The first kappa shape index (κ1) is 11.8. The molecule has 0 saturated heterocycles. The molecule has 0 unspecified atom stereocenters. The second-order valence-corrected chi connectivity index (χ2v) is 4.16. The van der Waals surface area contributed by atoms with E-state index in [1.807, 2.05) is 19.9 Å². The van der Waals surface area contributed by atoms with Gasteiger partial charge >= 0.3 is 0 Å². The van der Waals surface area contributed by atoms with Crippen molar-refractivity contribution in [2.75, 3.05) is 19.6 Å². The van der Waals surface area contributed by atoms with Crippen LogP contribution in [0.15, 0.2) is 18.2 Å². The molecule has 0 radical (unpaired) electrons. The third-order valence-electron chi connectivity index (χ3n) is 2.89. The van der Waals surface area contributed by atoms with Gasteiger partial charge in [-0.15, -0.1) is 0 Å². The molecule has 0 aliphatic carbocycles. The maximum absolute atomic E-state index is 12.0. The van der Waals surface area contributed by atoms with Crippen LogP contribution >= 0.6 is 0 Å². The molecule has 0 saturated carbocycles. The number of rotatable bonds is 4. The largest absolute Gasteiger partial charge is 0.315 e. The molecule has 1 N–H and O–H groups in total. The zero-order valence-corrected chi connectivity index (χ0v) is 10.1. The SMILES string of the molecule is CCNCCN1C(=O)c2ccc(C)cc2C1=O. The number of fused-ring (bicyclic) bond motifs is 1. The second-order valence-electron chi connectivity index (χ2n) is 4.16. The molecule has 1 aromatic carbocycles. The lowest BCUT2D eigenvalue weighted by Crippen LogP contribution is -2.36. The Morgan fingerprint density at radius 1 is 1.18 bits per heavy atom. The van der Waals surface area contributed by atoms with Crippen LogP contribution in [0.3, 0.4) is 0 Å². The summed E-state index contributed by atoms with van der Waals surface area (Å²) < 4.78 is 0. The molecule has 4 heteroatoms. The minimum Gasteiger partial charge on any atom is -0.315 e. The molecule has 4 nitrogen and oxygen atoms in total. The number of carbonyl (C=O) groups excluding carboxylic acids is 2. The first-order chi connectivity index (χ1) is 8.15. The number of nitrogens with one attached hydrogen (secondary N) is 1. The standard InChI is InChI=1S/C13H16N2O2/c1-3-14-6-7-15-12(16)10-5-4-9(2)8-11(10)13(15)17/h4-5,8,14H,3,6-7H2,1-2H3. The number of hydrogen-bond donors (Lipinski definition) is 1. The highest BCUT2D eigenvalue weighted by Crippen LogP contribution is 2.23. The highest BCUT2D eigenvalue weighted by atomic mass is 16.2. The van der Waals surface area contributed by atoms with Gasteiger partial charge in [0.1, 0.15) is 0 Å². The van der Waals surface area contributed by atoms with E-state index in [0.29, 0.717) is 24.2 Å². The fraction of sp³-hybridized carbons (Fsp3) is 0.385. The normalized spacial score (nSPS) is 14.4. The molecule has 1 aliphatic heterocycles. The summed E-state index contributed by atoms with van der Waals surface area (Å²) >= 11 is 0. The maximum Gasteiger partial charge on any atom is 0.261 e. The average molecular weight is 232 g/mol. The van der Waals surface area contributed by atoms with E-state index in [1.54, 1.807) is 12.1 Å². The Labute approximate surface area is 101 Å². The summed E-state index contributed by atoms with van der Waals surface area (Å²) in [7, 11) is 0. The lowest BCUT2D eigenvalue weighted by molar-refractivity contribution is 0.0656. The summed E-state index contributed by atoms with van der Waals surface area (Å²) in [5, 5.41) is 3.11. The van der Waals surface area contributed by atoms with Crippen LogP contribution in [0.2, 0.25) is 0 Å². The summed E-state index contributed by atoms with van der Waals surface area (Å²) in [5.74, 6) is -0.352. The molecular formula is C13H16N2O2. The van der Waals surface area contributed by atoms with Crippen LogP contribution in [0, 0.1) is 6.92 Å². The van der Waals surface area contributed by atoms with Crippen LogP contribution < -0.4 is 5.32 Å². The van der Waals surface area contributed by atoms with Crippen LogP contribution in [-0.4, -0.2) is 36.3 Å². The molecule has 0 aromatic heterocycles. The summed E-state index contributed by atoms with van der Waals surface area (Å²) in [5.41, 5.74) is 2.06. The third-order valence-corrected chi connectivity index (χ3v) is 2.89. The Morgan fingerprint density at radius 3 is 2.59 bits per heavy atom. The summed E-state index contributed by atoms with van der Waals surface area (Å²) in [6.45, 7) is 5.81. The number of nitrogens with zero attached hydrogens (tertiary/aromatic N) is 1. The fourth-order valence-electron chi connectivity index (χ4n) is 1.98. The number of likely N-dealkylation sites (N-methyl/N-ethyl adjacent to an activating group) is 1. The van der Waals surface area contributed by atoms with Crippen molar-refractivity contribution in [1.29, 1.82) is 0 Å². The van der Waals surface area contributed by atoms with Gasteiger partial charge in [-0.05, 0) is 25.6 Å². The zero-order valence-electron chi connectivity index (χ0n) is 10.1. The number of carbonyl (C=O) groups is 2. The molecular weight excluding hydrogens is 216 g/mol. The van der Waals surface area contributed by atoms with Crippen LogP contribution in [0.5, 0.6) is 0 Å². The van der Waals surface area contributed by atoms with Crippen molar-refractivity contribution < 1.29 is 9.59 Å². The van der Waals surface area contributed by atoms with E-state index in [9.17, 15) is 9.59 Å². The smallest absolute Gasteiger partial charge is 0.261 e. The molecule has 1 aromatic rings. The molecule has 0 spiro atoms. The Morgan fingerprint density at radius 2 is 1.88 bits per heavy atom. The first-order valence-electron chi connectivity index (χ1n) is 5.82. The maximum atomic E-state index is 12.0. The summed E-state index contributed by atoms with van der Waals surface area (Å²) in [6.07, 6.45) is 0. The highest BCUT2D eigenvalue weighted by molar-refractivity contribution is 6.21. The van der Waals surface area contributed by atoms with Gasteiger partial charge in [0.2, 0.25) is 0 Å². The van der Waals surface area contributed by atoms with Crippen molar-refractivity contribution in [2.45, 2.75) is 13.8 Å². The Balaban J connectivity index is 2.20. The van der Waals surface area contributed by atoms with Crippen molar-refractivity contribution >= 4 is 11.8 Å². The Kier molecular flexibility index (Phi) is 3.24. The zero-order chi connectivity index (χ0) is 12.4. The van der Waals surface area contributed by atoms with Gasteiger partial charge in [0.05, 0.1) is 11.1 Å². The molecule has 90 valence electrons. The van der Waals surface area contributed by atoms with Crippen molar-refractivity contribution in [3.05, 3.63) is 34.9 Å². The van der Waals surface area contributed by atoms with E-state index in [0.717, 1.165) is 12.1 Å². The van der Waals surface area contributed by atoms with Gasteiger partial charge < -0.3 is 5.32 Å². The van der Waals surface area contributed by atoms with E-state index in [4.69, 9.17) is 0 Å². The van der Waals surface area contributed by atoms with Crippen LogP contribution in [-0.2, 0) is 0 Å². The van der Waals surface area contributed by atoms with Crippen molar-refractivity contribution in [3.8, 4) is 0 Å². The molecule has 2 rings (SSSR count). The first-order valence-corrected chi connectivity index (χ1v) is 5.82. The Bertz CT molecular complexity index is 468. The van der Waals surface area contributed by atoms with Crippen LogP contribution in [0.1, 0.15) is 33.2 Å². The fourth-order valence-corrected chi connectivity index (χ4v) is 1.98. The second kappa shape index (κ2) is 4.67. The summed E-state index contributed by atoms with van der Waals surface area (Å²) in [4.78, 5) is 25.3. The number of amides is 2. The van der Waals surface area contributed by atoms with E-state index < -0.39 is 0 Å². The van der Waals surface area contributed by atoms with Crippen LogP contribution in [0.4, 0.5) is 0 Å². The molecule has 2 amide bonds. The lowest BCUT2D eigenvalue weighted by Gasteiger charge is -2.13. The monoisotopic (exact) mass is 232 g/mol. The van der Waals surface area contributed by atoms with E-state index in [2.05, 4.69) is 5.32 Å². The van der Waals surface area contributed by atoms with Gasteiger partial charge in [-0.2, -0.15) is 0 Å². The number of hydrogen-bond acceptors (Lipinski definition) is 3. The van der Waals surface area contributed by atoms with Gasteiger partial charge in [-0.25, -0.2) is 0 Å². The van der Waals surface area contributed by atoms with Crippen molar-refractivity contribution in [2.24, 2.45) is 0 Å². The van der Waals surface area contributed by atoms with Gasteiger partial charge in [-0.3, -0.25) is 14.5 Å². The number of imide groups is 1. The highest BCUT2D eigenvalue weighted by Gasteiger charge is 2.34. The molecule has 0 atom stereocenters. The third kappa shape index (κ3) is 2.08. The number of aryl methyl sites for hydroxylation is 1. The average Bonchev–Trinajstić information content (AvgIpc) is 2.54. The van der Waals surface area contributed by atoms with E-state index in [1.165, 1.54) is 4.90 Å². The molecule has 0 fully saturated rings. The molecule has 1 aliphatic rings. The van der Waals surface area contributed by atoms with Crippen molar-refractivity contribution in [3.63, 3.8) is 0 Å². The predicted molar refractivity (Wildman–Crippen MR) is 65.1 cm³/mol. The van der Waals surface area contributed by atoms with Gasteiger partial charge in [0.25, 0.3) is 11.8 Å². The quantitative estimate of drug-likeness (QED) is 0.627. The minimum absolute atomic E-state index is 0.174. The topological polar surface area (TPSA) is 49.4 Å². The minimum atomic E-state index is -0.178. The van der Waals surface area contributed by atoms with Crippen LogP contribution in [0.25, 0.3) is 0 Å². The molecule has 1 heterocycles. The van der Waals surface area contributed by atoms with E-state index >= 15 is 0 Å². The Hall–Kier alpha value is -1.68.